The van der Waals surface area contributed by atoms with Gasteiger partial charge < -0.3 is 24.8 Å². The third-order valence-electron chi connectivity index (χ3n) is 13.5. The molecule has 338 valence electrons. The van der Waals surface area contributed by atoms with Crippen LogP contribution in [0, 0.1) is 16.2 Å². The van der Waals surface area contributed by atoms with Crippen LogP contribution in [-0.2, 0) is 44.4 Å². The Kier molecular flexibility index (Phi) is 12.7. The number of alkyl halides is 6. The average Bonchev–Trinajstić information content (AvgIpc) is 3.89. The van der Waals surface area contributed by atoms with E-state index in [-0.39, 0.29) is 55.5 Å². The van der Waals surface area contributed by atoms with E-state index in [1.807, 2.05) is 0 Å². The van der Waals surface area contributed by atoms with E-state index >= 15 is 0 Å². The van der Waals surface area contributed by atoms with Crippen molar-refractivity contribution >= 4 is 14.4 Å². The molecule has 4 aliphatic carbocycles. The van der Waals surface area contributed by atoms with Crippen LogP contribution >= 0.6 is 0 Å². The van der Waals surface area contributed by atoms with Gasteiger partial charge in [-0.15, -0.1) is 0 Å². The zero-order chi connectivity index (χ0) is 45.5. The molecule has 0 aromatic heterocycles. The number of benzene rings is 4. The van der Waals surface area contributed by atoms with Crippen LogP contribution in [-0.4, -0.2) is 3.21 Å². The van der Waals surface area contributed by atoms with Crippen LogP contribution in [0.1, 0.15) is 156 Å². The van der Waals surface area contributed by atoms with Gasteiger partial charge in [-0.1, -0.05) is 0 Å². The molecular formula is C55H58Cl2F6Zr. The molecule has 64 heavy (non-hydrogen) atoms. The Morgan fingerprint density at radius 3 is 1.22 bits per heavy atom. The normalized spacial score (nSPS) is 17.4. The fraction of sp³-hybridized carbons (Fsp3) is 0.400. The molecule has 0 atom stereocenters. The first kappa shape index (κ1) is 50.2. The summed E-state index contributed by atoms with van der Waals surface area (Å²) >= 11 is -3.65. The summed E-state index contributed by atoms with van der Waals surface area (Å²) < 4.78 is 87.0. The van der Waals surface area contributed by atoms with E-state index < -0.39 is 44.7 Å². The molecule has 0 saturated heterocycles. The van der Waals surface area contributed by atoms with Crippen molar-refractivity contribution in [2.45, 2.75) is 123 Å². The third-order valence-corrected chi connectivity index (χ3v) is 21.8. The Morgan fingerprint density at radius 2 is 0.906 bits per heavy atom. The quantitative estimate of drug-likeness (QED) is 0.179. The first-order valence-corrected chi connectivity index (χ1v) is 25.6. The Labute approximate surface area is 396 Å². The molecule has 0 fully saturated rings. The van der Waals surface area contributed by atoms with E-state index in [1.165, 1.54) is 64.5 Å². The molecule has 8 rings (SSSR count). The Bertz CT molecular complexity index is 2540. The van der Waals surface area contributed by atoms with Gasteiger partial charge in [-0.2, -0.15) is 0 Å². The smallest absolute Gasteiger partial charge is 1.00 e. The molecule has 0 aliphatic heterocycles. The molecular weight excluding hydrogens is 937 g/mol. The maximum absolute atomic E-state index is 14.2. The number of allylic oxidation sites excluding steroid dienone is 8. The summed E-state index contributed by atoms with van der Waals surface area (Å²) in [6, 6.07) is 20.4. The van der Waals surface area contributed by atoms with Gasteiger partial charge in [0.25, 0.3) is 0 Å². The van der Waals surface area contributed by atoms with Gasteiger partial charge in [-0.3, -0.25) is 0 Å². The number of halogens is 8. The van der Waals surface area contributed by atoms with Gasteiger partial charge in [0.15, 0.2) is 0 Å². The van der Waals surface area contributed by atoms with Crippen LogP contribution in [0.25, 0.3) is 22.3 Å². The summed E-state index contributed by atoms with van der Waals surface area (Å²) in [5.74, 6) is 0. The molecule has 9 heteroatoms. The minimum absolute atomic E-state index is 0. The molecule has 0 spiro atoms. The molecule has 4 aliphatic rings. The summed E-state index contributed by atoms with van der Waals surface area (Å²) in [6.45, 7) is 29.2. The molecule has 0 heterocycles. The first-order chi connectivity index (χ1) is 28.4. The second-order valence-electron chi connectivity index (χ2n) is 22.2. The van der Waals surface area contributed by atoms with Gasteiger partial charge in [-0.25, -0.2) is 0 Å². The van der Waals surface area contributed by atoms with Gasteiger partial charge in [0, 0.05) is 0 Å². The van der Waals surface area contributed by atoms with E-state index in [9.17, 15) is 26.3 Å². The molecule has 0 nitrogen and oxygen atoms in total. The molecule has 4 aromatic carbocycles. The largest absolute Gasteiger partial charge is 1.00 e. The Morgan fingerprint density at radius 1 is 0.531 bits per heavy atom. The summed E-state index contributed by atoms with van der Waals surface area (Å²) in [6.07, 6.45) is 1.05. The van der Waals surface area contributed by atoms with E-state index in [1.54, 1.807) is 24.3 Å². The monoisotopic (exact) mass is 992 g/mol. The minimum Gasteiger partial charge on any atom is -1.00 e. The second kappa shape index (κ2) is 16.2. The van der Waals surface area contributed by atoms with Crippen molar-refractivity contribution in [3.63, 3.8) is 0 Å². The van der Waals surface area contributed by atoms with Gasteiger partial charge in [0.1, 0.15) is 0 Å². The molecule has 0 N–H and O–H groups in total. The molecule has 0 unspecified atom stereocenters. The van der Waals surface area contributed by atoms with Crippen LogP contribution in [0.2, 0.25) is 0 Å². The standard InChI is InChI=1S/C31H37.C15H8F6.C9H13.2ClH.Zr/c1-28(2,3)26-16-30(7,8)24-12-18-11-19-13-25-23(15-21(19)20(18)14-22(24)26)27(29(4,5)6)17-31(25,9)10;16-14(17,18)12-5-1-10(2-6-12)9-11-3-7-13(8-4-11)15(19,20)21;1-9(2,3)8-6-4-5-7-8;;;/h11-17H,1-10H3;1-8H;6-7H,4H2,1-3H3;2*1H;/q;;;;;+2/p-2. The third kappa shape index (κ3) is 8.74. The number of hydrogen-bond donors (Lipinski definition) is 0. The van der Waals surface area contributed by atoms with Crippen molar-refractivity contribution in [2.24, 2.45) is 16.2 Å². The average molecular weight is 995 g/mol. The zero-order valence-electron chi connectivity index (χ0n) is 39.0. The molecule has 0 radical (unpaired) electrons. The fourth-order valence-corrected chi connectivity index (χ4v) is 19.3. The molecule has 0 amide bonds. The maximum atomic E-state index is 14.2. The Balaban J connectivity index is 0.00000340. The minimum atomic E-state index is -4.54. The predicted octanol–water partition coefficient (Wildman–Crippen LogP) is 10.4. The predicted molar refractivity (Wildman–Crippen MR) is 241 cm³/mol. The van der Waals surface area contributed by atoms with Crippen LogP contribution < -0.4 is 24.8 Å². The van der Waals surface area contributed by atoms with Gasteiger partial charge in [0.05, 0.1) is 0 Å². The summed E-state index contributed by atoms with van der Waals surface area (Å²) in [5.41, 5.74) is 12.4. The van der Waals surface area contributed by atoms with E-state index in [0.717, 1.165) is 27.5 Å². The second-order valence-corrected chi connectivity index (χ2v) is 28.4. The zero-order valence-corrected chi connectivity index (χ0v) is 43.0. The van der Waals surface area contributed by atoms with Crippen LogP contribution in [0.4, 0.5) is 26.3 Å². The van der Waals surface area contributed by atoms with Crippen LogP contribution in [0.5, 0.6) is 0 Å². The van der Waals surface area contributed by atoms with Crippen molar-refractivity contribution in [3.05, 3.63) is 162 Å². The SMILES string of the molecule is CC(C)(C)C1=CC[C]([Zr+2](=[C](c2ccc(C(F)(F)F)cc2)c2ccc(C(F)(F)F)cc2)[CH]2c3cc4c(cc3-c3cc5c(cc32)C(C)(C)C=C5C(C)(C)C)C(C(C)(C)C)=CC4(C)C)=C1.[Cl-].[Cl-]. The van der Waals surface area contributed by atoms with E-state index in [0.29, 0.717) is 17.5 Å². The number of rotatable bonds is 4. The maximum Gasteiger partial charge on any atom is -1.00 e. The van der Waals surface area contributed by atoms with Crippen molar-refractivity contribution in [1.82, 2.24) is 0 Å². The summed E-state index contributed by atoms with van der Waals surface area (Å²) in [5, 5.41) is 0. The van der Waals surface area contributed by atoms with E-state index in [4.69, 9.17) is 0 Å². The topological polar surface area (TPSA) is 0 Å². The van der Waals surface area contributed by atoms with Crippen LogP contribution in [0.3, 0.4) is 0 Å². The Hall–Kier alpha value is -3.25. The summed E-state index contributed by atoms with van der Waals surface area (Å²) in [7, 11) is 0. The van der Waals surface area contributed by atoms with Crippen LogP contribution in [0.15, 0.2) is 106 Å². The van der Waals surface area contributed by atoms with Crippen molar-refractivity contribution in [3.8, 4) is 11.1 Å². The first-order valence-electron chi connectivity index (χ1n) is 21.7. The van der Waals surface area contributed by atoms with Crippen molar-refractivity contribution < 1.29 is 72.4 Å². The van der Waals surface area contributed by atoms with Gasteiger partial charge in [-0.05, 0) is 0 Å². The fourth-order valence-electron chi connectivity index (χ4n) is 10.3. The molecule has 0 saturated carbocycles. The van der Waals surface area contributed by atoms with Crippen molar-refractivity contribution in [2.75, 3.05) is 0 Å². The van der Waals surface area contributed by atoms with Gasteiger partial charge >= 0.3 is 374 Å². The number of fused-ring (bicyclic) bond motifs is 5. The molecule has 0 bridgehead atoms. The van der Waals surface area contributed by atoms with E-state index in [2.05, 4.69) is 139 Å². The number of hydrogen-bond acceptors (Lipinski definition) is 0. The van der Waals surface area contributed by atoms with Gasteiger partial charge in [0.2, 0.25) is 0 Å². The summed E-state index contributed by atoms with van der Waals surface area (Å²) in [4.78, 5) is 0. The van der Waals surface area contributed by atoms with Crippen molar-refractivity contribution in [1.29, 1.82) is 0 Å². The molecule has 4 aromatic rings.